The number of nitro benzene ring substituents is 1. The molecule has 2 rings (SSSR count). The van der Waals surface area contributed by atoms with Crippen LogP contribution in [0.15, 0.2) is 53.4 Å². The number of nitrogens with two attached hydrogens (primary N) is 1. The van der Waals surface area contributed by atoms with Crippen LogP contribution in [-0.2, 0) is 12.2 Å². The maximum absolute atomic E-state index is 10.9. The second-order valence-corrected chi connectivity index (χ2v) is 6.02. The van der Waals surface area contributed by atoms with E-state index < -0.39 is 0 Å². The van der Waals surface area contributed by atoms with Gasteiger partial charge in [-0.3, -0.25) is 10.1 Å². The lowest BCUT2D eigenvalue weighted by Crippen LogP contribution is -2.18. The number of hydrogen-bond acceptors (Lipinski definition) is 4. The number of thioether (sulfide) groups is 1. The van der Waals surface area contributed by atoms with Crippen LogP contribution in [0.25, 0.3) is 0 Å². The van der Waals surface area contributed by atoms with E-state index in [4.69, 9.17) is 5.73 Å². The van der Waals surface area contributed by atoms with E-state index >= 15 is 0 Å². The van der Waals surface area contributed by atoms with Gasteiger partial charge in [-0.15, -0.1) is 11.8 Å². The van der Waals surface area contributed by atoms with Gasteiger partial charge in [-0.2, -0.15) is 0 Å². The number of benzene rings is 2. The van der Waals surface area contributed by atoms with Crippen molar-refractivity contribution in [3.05, 3.63) is 69.8 Å². The number of nitrogens with zero attached hydrogens (tertiary/aromatic N) is 1. The van der Waals surface area contributed by atoms with Crippen LogP contribution in [0, 0.1) is 10.1 Å². The SMILES string of the molecule is CC(N)Cc1cc([N+](=O)[O-])ccc1SCc1ccccc1. The van der Waals surface area contributed by atoms with Gasteiger partial charge in [-0.25, -0.2) is 0 Å². The molecule has 0 amide bonds. The topological polar surface area (TPSA) is 69.2 Å². The molecule has 21 heavy (non-hydrogen) atoms. The zero-order valence-corrected chi connectivity index (χ0v) is 12.7. The Morgan fingerprint density at radius 2 is 1.95 bits per heavy atom. The molecule has 0 aliphatic heterocycles. The highest BCUT2D eigenvalue weighted by Crippen LogP contribution is 2.30. The van der Waals surface area contributed by atoms with Gasteiger partial charge in [0.05, 0.1) is 4.92 Å². The molecule has 5 heteroatoms. The van der Waals surface area contributed by atoms with E-state index in [-0.39, 0.29) is 16.7 Å². The molecule has 1 atom stereocenters. The van der Waals surface area contributed by atoms with E-state index in [2.05, 4.69) is 12.1 Å². The number of nitro groups is 1. The summed E-state index contributed by atoms with van der Waals surface area (Å²) < 4.78 is 0. The van der Waals surface area contributed by atoms with E-state index in [0.717, 1.165) is 16.2 Å². The second kappa shape index (κ2) is 7.24. The third-order valence-corrected chi connectivity index (χ3v) is 4.22. The predicted octanol–water partition coefficient (Wildman–Crippen LogP) is 3.78. The third-order valence-electron chi connectivity index (χ3n) is 3.03. The fourth-order valence-electron chi connectivity index (χ4n) is 2.06. The summed E-state index contributed by atoms with van der Waals surface area (Å²) in [7, 11) is 0. The minimum absolute atomic E-state index is 0.0249. The first-order chi connectivity index (χ1) is 10.1. The first-order valence-electron chi connectivity index (χ1n) is 6.76. The Morgan fingerprint density at radius 3 is 2.57 bits per heavy atom. The lowest BCUT2D eigenvalue weighted by atomic mass is 10.1. The lowest BCUT2D eigenvalue weighted by Gasteiger charge is -2.11. The second-order valence-electron chi connectivity index (χ2n) is 5.00. The first kappa shape index (κ1) is 15.5. The van der Waals surface area contributed by atoms with Crippen LogP contribution >= 0.6 is 11.8 Å². The third kappa shape index (κ3) is 4.58. The molecule has 0 aromatic heterocycles. The van der Waals surface area contributed by atoms with Crippen LogP contribution in [-0.4, -0.2) is 11.0 Å². The average Bonchev–Trinajstić information content (AvgIpc) is 2.46. The molecule has 0 fully saturated rings. The summed E-state index contributed by atoms with van der Waals surface area (Å²) in [6, 6.07) is 15.1. The van der Waals surface area contributed by atoms with Gasteiger partial charge < -0.3 is 5.73 Å². The molecule has 2 N–H and O–H groups in total. The zero-order valence-electron chi connectivity index (χ0n) is 11.9. The van der Waals surface area contributed by atoms with Crippen molar-refractivity contribution in [3.8, 4) is 0 Å². The van der Waals surface area contributed by atoms with Crippen molar-refractivity contribution < 1.29 is 4.92 Å². The molecule has 0 saturated carbocycles. The molecule has 0 spiro atoms. The fraction of sp³-hybridized carbons (Fsp3) is 0.250. The molecule has 0 bridgehead atoms. The Labute approximate surface area is 128 Å². The molecular weight excluding hydrogens is 284 g/mol. The molecule has 1 unspecified atom stereocenters. The maximum Gasteiger partial charge on any atom is 0.269 e. The quantitative estimate of drug-likeness (QED) is 0.501. The van der Waals surface area contributed by atoms with Gasteiger partial charge >= 0.3 is 0 Å². The summed E-state index contributed by atoms with van der Waals surface area (Å²) >= 11 is 1.68. The Bertz CT molecular complexity index is 615. The van der Waals surface area contributed by atoms with E-state index in [0.29, 0.717) is 6.42 Å². The van der Waals surface area contributed by atoms with Crippen molar-refractivity contribution in [1.29, 1.82) is 0 Å². The largest absolute Gasteiger partial charge is 0.328 e. The van der Waals surface area contributed by atoms with E-state index in [1.807, 2.05) is 31.2 Å². The summed E-state index contributed by atoms with van der Waals surface area (Å²) in [5.74, 6) is 0.838. The van der Waals surface area contributed by atoms with Gasteiger partial charge in [0.2, 0.25) is 0 Å². The Balaban J connectivity index is 2.19. The molecular formula is C16H18N2O2S. The maximum atomic E-state index is 10.9. The van der Waals surface area contributed by atoms with Crippen LogP contribution in [0.1, 0.15) is 18.1 Å². The molecule has 0 aliphatic rings. The number of rotatable bonds is 6. The summed E-state index contributed by atoms with van der Waals surface area (Å²) in [5.41, 5.74) is 8.14. The van der Waals surface area contributed by atoms with E-state index in [1.165, 1.54) is 5.56 Å². The molecule has 0 radical (unpaired) electrons. The van der Waals surface area contributed by atoms with Gasteiger partial charge in [0.15, 0.2) is 0 Å². The van der Waals surface area contributed by atoms with Gasteiger partial charge in [-0.05, 0) is 30.5 Å². The first-order valence-corrected chi connectivity index (χ1v) is 7.74. The fourth-order valence-corrected chi connectivity index (χ4v) is 3.07. The van der Waals surface area contributed by atoms with Crippen molar-refractivity contribution in [2.45, 2.75) is 30.0 Å². The average molecular weight is 302 g/mol. The highest BCUT2D eigenvalue weighted by molar-refractivity contribution is 7.98. The van der Waals surface area contributed by atoms with Crippen LogP contribution < -0.4 is 5.73 Å². The molecule has 2 aromatic carbocycles. The molecule has 2 aromatic rings. The smallest absolute Gasteiger partial charge is 0.269 e. The van der Waals surface area contributed by atoms with Gasteiger partial charge in [0.25, 0.3) is 5.69 Å². The van der Waals surface area contributed by atoms with Crippen LogP contribution in [0.5, 0.6) is 0 Å². The number of non-ortho nitro benzene ring substituents is 1. The van der Waals surface area contributed by atoms with E-state index in [1.54, 1.807) is 23.9 Å². The van der Waals surface area contributed by atoms with Crippen LogP contribution in [0.3, 0.4) is 0 Å². The predicted molar refractivity (Wildman–Crippen MR) is 86.5 cm³/mol. The van der Waals surface area contributed by atoms with Crippen molar-refractivity contribution in [2.75, 3.05) is 0 Å². The standard InChI is InChI=1S/C16H18N2O2S/c1-12(17)9-14-10-15(18(19)20)7-8-16(14)21-11-13-5-3-2-4-6-13/h2-8,10,12H,9,11,17H2,1H3. The molecule has 0 saturated heterocycles. The highest BCUT2D eigenvalue weighted by atomic mass is 32.2. The zero-order chi connectivity index (χ0) is 15.2. The Kier molecular flexibility index (Phi) is 5.36. The summed E-state index contributed by atoms with van der Waals surface area (Å²) in [6.07, 6.45) is 0.638. The van der Waals surface area contributed by atoms with Crippen molar-refractivity contribution >= 4 is 17.4 Å². The van der Waals surface area contributed by atoms with Crippen molar-refractivity contribution in [2.24, 2.45) is 5.73 Å². The lowest BCUT2D eigenvalue weighted by molar-refractivity contribution is -0.385. The Morgan fingerprint density at radius 1 is 1.24 bits per heavy atom. The highest BCUT2D eigenvalue weighted by Gasteiger charge is 2.12. The van der Waals surface area contributed by atoms with Crippen molar-refractivity contribution in [1.82, 2.24) is 0 Å². The molecule has 0 heterocycles. The molecule has 0 aliphatic carbocycles. The van der Waals surface area contributed by atoms with Crippen LogP contribution in [0.4, 0.5) is 5.69 Å². The van der Waals surface area contributed by atoms with Crippen molar-refractivity contribution in [3.63, 3.8) is 0 Å². The summed E-state index contributed by atoms with van der Waals surface area (Å²) in [5, 5.41) is 10.9. The summed E-state index contributed by atoms with van der Waals surface area (Å²) in [4.78, 5) is 11.6. The molecule has 4 nitrogen and oxygen atoms in total. The monoisotopic (exact) mass is 302 g/mol. The molecule has 110 valence electrons. The van der Waals surface area contributed by atoms with Gasteiger partial charge in [-0.1, -0.05) is 30.3 Å². The number of hydrogen-bond donors (Lipinski definition) is 1. The van der Waals surface area contributed by atoms with Gasteiger partial charge in [0, 0.05) is 28.8 Å². The Hall–Kier alpha value is -1.85. The van der Waals surface area contributed by atoms with E-state index in [9.17, 15) is 10.1 Å². The summed E-state index contributed by atoms with van der Waals surface area (Å²) in [6.45, 7) is 1.91. The van der Waals surface area contributed by atoms with Crippen LogP contribution in [0.2, 0.25) is 0 Å². The normalized spacial score (nSPS) is 12.1. The van der Waals surface area contributed by atoms with Gasteiger partial charge in [0.1, 0.15) is 0 Å². The minimum Gasteiger partial charge on any atom is -0.328 e. The minimum atomic E-state index is -0.365.